The monoisotopic (exact) mass is 386 g/mol. The van der Waals surface area contributed by atoms with E-state index in [1.165, 1.54) is 17.3 Å². The smallest absolute Gasteiger partial charge is 0.139 e. The largest absolute Gasteiger partial charge is 0.372 e. The molecule has 0 atom stereocenters. The molecular weight excluding hydrogens is 371 g/mol. The van der Waals surface area contributed by atoms with E-state index in [1.54, 1.807) is 0 Å². The third kappa shape index (κ3) is 1.83. The summed E-state index contributed by atoms with van der Waals surface area (Å²) in [6, 6.07) is 5.82. The van der Waals surface area contributed by atoms with Gasteiger partial charge in [-0.1, -0.05) is 0 Å². The van der Waals surface area contributed by atoms with Gasteiger partial charge < -0.3 is 4.90 Å². The van der Waals surface area contributed by atoms with Crippen LogP contribution >= 0.6 is 15.9 Å². The molecule has 2 aliphatic rings. The molecule has 0 amide bonds. The molecule has 0 unspecified atom stereocenters. The van der Waals surface area contributed by atoms with Crippen LogP contribution in [-0.4, -0.2) is 28.4 Å². The van der Waals surface area contributed by atoms with Crippen LogP contribution in [0.3, 0.4) is 0 Å². The van der Waals surface area contributed by atoms with E-state index in [0.29, 0.717) is 10.5 Å². The van der Waals surface area contributed by atoms with Gasteiger partial charge in [0.15, 0.2) is 0 Å². The van der Waals surface area contributed by atoms with Gasteiger partial charge >= 0.3 is 0 Å². The summed E-state index contributed by atoms with van der Waals surface area (Å²) in [7, 11) is 2.11. The molecule has 4 nitrogen and oxygen atoms in total. The highest BCUT2D eigenvalue weighted by atomic mass is 79.9. The summed E-state index contributed by atoms with van der Waals surface area (Å²) in [6.07, 6.45) is 7.87. The average Bonchev–Trinajstić information content (AvgIpc) is 3.13. The van der Waals surface area contributed by atoms with Crippen LogP contribution < -0.4 is 4.90 Å². The van der Waals surface area contributed by atoms with Crippen molar-refractivity contribution in [1.82, 2.24) is 14.8 Å². The molecule has 1 saturated carbocycles. The molecule has 3 heterocycles. The Kier molecular flexibility index (Phi) is 2.87. The fourth-order valence-corrected chi connectivity index (χ4v) is 4.84. The van der Waals surface area contributed by atoms with Crippen molar-refractivity contribution < 1.29 is 4.39 Å². The molecule has 122 valence electrons. The van der Waals surface area contributed by atoms with Gasteiger partial charge in [0.1, 0.15) is 5.82 Å². The molecule has 1 aromatic carbocycles. The highest BCUT2D eigenvalue weighted by Gasteiger charge is 2.52. The van der Waals surface area contributed by atoms with E-state index in [2.05, 4.69) is 42.6 Å². The Hall–Kier alpha value is -1.95. The number of aromatic nitrogens is 3. The van der Waals surface area contributed by atoms with E-state index >= 15 is 0 Å². The Labute approximate surface area is 147 Å². The van der Waals surface area contributed by atoms with Gasteiger partial charge in [-0.05, 0) is 46.5 Å². The van der Waals surface area contributed by atoms with E-state index in [9.17, 15) is 4.39 Å². The van der Waals surface area contributed by atoms with Crippen molar-refractivity contribution in [1.29, 1.82) is 0 Å². The van der Waals surface area contributed by atoms with Crippen LogP contribution in [0.2, 0.25) is 0 Å². The molecule has 1 spiro atoms. The number of likely N-dealkylation sites (N-methyl/N-ethyl adjacent to an activating group) is 1. The minimum Gasteiger partial charge on any atom is -0.372 e. The first-order chi connectivity index (χ1) is 11.6. The van der Waals surface area contributed by atoms with Crippen LogP contribution in [0.5, 0.6) is 0 Å². The highest BCUT2D eigenvalue weighted by molar-refractivity contribution is 9.10. The number of hydrogen-bond donors (Lipinski definition) is 0. The Morgan fingerprint density at radius 3 is 2.92 bits per heavy atom. The normalized spacial score (nSPS) is 25.3. The van der Waals surface area contributed by atoms with Crippen LogP contribution in [0, 0.1) is 5.82 Å². The number of hydrogen-bond acceptors (Lipinski definition) is 3. The predicted octanol–water partition coefficient (Wildman–Crippen LogP) is 4.06. The maximum atomic E-state index is 13.9. The molecule has 3 aromatic rings. The zero-order valence-corrected chi connectivity index (χ0v) is 14.8. The predicted molar refractivity (Wildman–Crippen MR) is 94.8 cm³/mol. The van der Waals surface area contributed by atoms with Gasteiger partial charge in [-0.25, -0.2) is 4.39 Å². The lowest BCUT2D eigenvalue weighted by molar-refractivity contribution is 0.152. The lowest BCUT2D eigenvalue weighted by Gasteiger charge is -2.46. The highest BCUT2D eigenvalue weighted by Crippen LogP contribution is 2.58. The molecule has 0 bridgehead atoms. The second kappa shape index (κ2) is 4.79. The summed E-state index contributed by atoms with van der Waals surface area (Å²) in [6.45, 7) is 0.982. The van der Waals surface area contributed by atoms with Crippen molar-refractivity contribution >= 4 is 32.5 Å². The first-order valence-electron chi connectivity index (χ1n) is 8.06. The van der Waals surface area contributed by atoms with E-state index in [4.69, 9.17) is 0 Å². The summed E-state index contributed by atoms with van der Waals surface area (Å²) in [5, 5.41) is 5.45. The summed E-state index contributed by atoms with van der Waals surface area (Å²) < 4.78 is 16.5. The maximum absolute atomic E-state index is 13.9. The fourth-order valence-electron chi connectivity index (χ4n) is 4.50. The van der Waals surface area contributed by atoms with Gasteiger partial charge in [0.25, 0.3) is 0 Å². The Morgan fingerprint density at radius 1 is 1.33 bits per heavy atom. The third-order valence-corrected chi connectivity index (χ3v) is 6.13. The van der Waals surface area contributed by atoms with Crippen LogP contribution in [0.1, 0.15) is 24.4 Å². The summed E-state index contributed by atoms with van der Waals surface area (Å²) >= 11 is 3.33. The standard InChI is InChI=1S/C18H16BrFN4/c1-23-10-18(7-11(8-18)24-4-2-3-22-24)17-12-5-13(19)14(20)6-15(12)21-9-16(17)23/h2-6,9,11H,7-8,10H2,1H3. The fraction of sp³-hybridized carbons (Fsp3) is 0.333. The molecule has 0 N–H and O–H groups in total. The Morgan fingerprint density at radius 2 is 2.17 bits per heavy atom. The molecular formula is C18H16BrFN4. The van der Waals surface area contributed by atoms with E-state index in [-0.39, 0.29) is 11.2 Å². The average molecular weight is 387 g/mol. The minimum atomic E-state index is -0.265. The molecule has 1 fully saturated rings. The summed E-state index contributed by atoms with van der Waals surface area (Å²) in [5.74, 6) is -0.265. The number of nitrogens with zero attached hydrogens (tertiary/aromatic N) is 4. The topological polar surface area (TPSA) is 34.0 Å². The van der Waals surface area contributed by atoms with Crippen LogP contribution in [0.4, 0.5) is 10.1 Å². The quantitative estimate of drug-likeness (QED) is 0.632. The van der Waals surface area contributed by atoms with Crippen molar-refractivity contribution in [2.24, 2.45) is 0 Å². The molecule has 24 heavy (non-hydrogen) atoms. The second-order valence-corrected chi connectivity index (χ2v) is 7.84. The summed E-state index contributed by atoms with van der Waals surface area (Å²) in [4.78, 5) is 6.75. The molecule has 0 radical (unpaired) electrons. The third-order valence-electron chi connectivity index (χ3n) is 5.52. The lowest BCUT2D eigenvalue weighted by Crippen LogP contribution is -2.45. The first kappa shape index (κ1) is 14.4. The molecule has 2 aromatic heterocycles. The van der Waals surface area contributed by atoms with Gasteiger partial charge in [-0.2, -0.15) is 5.10 Å². The van der Waals surface area contributed by atoms with Crippen LogP contribution in [0.15, 0.2) is 41.3 Å². The minimum absolute atomic E-state index is 0.110. The number of halogens is 2. The van der Waals surface area contributed by atoms with Gasteiger partial charge in [0, 0.05) is 42.9 Å². The van der Waals surface area contributed by atoms with Crippen LogP contribution in [0.25, 0.3) is 10.9 Å². The number of anilines is 1. The van der Waals surface area contributed by atoms with Gasteiger partial charge in [0.2, 0.25) is 0 Å². The van der Waals surface area contributed by atoms with E-state index in [0.717, 1.165) is 30.3 Å². The second-order valence-electron chi connectivity index (χ2n) is 6.99. The SMILES string of the molecule is CN1CC2(CC(n3cccn3)C2)c2c1cnc1cc(F)c(Br)cc21. The summed E-state index contributed by atoms with van der Waals surface area (Å²) in [5.41, 5.74) is 3.32. The maximum Gasteiger partial charge on any atom is 0.139 e. The zero-order valence-electron chi connectivity index (χ0n) is 13.2. The molecule has 5 rings (SSSR count). The first-order valence-corrected chi connectivity index (χ1v) is 8.85. The molecule has 0 saturated heterocycles. The zero-order chi connectivity index (χ0) is 16.5. The number of benzene rings is 1. The van der Waals surface area contributed by atoms with Crippen LogP contribution in [-0.2, 0) is 5.41 Å². The van der Waals surface area contributed by atoms with Gasteiger partial charge in [0.05, 0.1) is 27.9 Å². The molecule has 1 aliphatic carbocycles. The van der Waals surface area contributed by atoms with Crippen molar-refractivity contribution in [3.63, 3.8) is 0 Å². The van der Waals surface area contributed by atoms with Crippen molar-refractivity contribution in [2.45, 2.75) is 24.3 Å². The van der Waals surface area contributed by atoms with Crippen molar-refractivity contribution in [3.05, 3.63) is 52.6 Å². The van der Waals surface area contributed by atoms with E-state index < -0.39 is 0 Å². The van der Waals surface area contributed by atoms with Gasteiger partial charge in [-0.3, -0.25) is 9.67 Å². The number of rotatable bonds is 1. The van der Waals surface area contributed by atoms with Crippen molar-refractivity contribution in [2.75, 3.05) is 18.5 Å². The molecule has 6 heteroatoms. The van der Waals surface area contributed by atoms with E-state index in [1.807, 2.05) is 30.7 Å². The van der Waals surface area contributed by atoms with Gasteiger partial charge in [-0.15, -0.1) is 0 Å². The molecule has 1 aliphatic heterocycles. The number of fused-ring (bicyclic) bond motifs is 4. The Bertz CT molecular complexity index is 947. The number of pyridine rings is 1. The van der Waals surface area contributed by atoms with Crippen molar-refractivity contribution in [3.8, 4) is 0 Å². The Balaban J connectivity index is 1.65. The lowest BCUT2D eigenvalue weighted by atomic mass is 9.62.